The zero-order valence-electron chi connectivity index (χ0n) is 21.0. The zero-order chi connectivity index (χ0) is 25.1. The van der Waals surface area contributed by atoms with Gasteiger partial charge >= 0.3 is 12.0 Å². The van der Waals surface area contributed by atoms with Crippen LogP contribution >= 0.6 is 0 Å². The van der Waals surface area contributed by atoms with Gasteiger partial charge in [-0.05, 0) is 55.4 Å². The number of methoxy groups -OCH3 is 2. The molecule has 2 aromatic carbocycles. The number of carbonyl (C=O) groups excluding carboxylic acids is 1. The molecule has 0 saturated carbocycles. The summed E-state index contributed by atoms with van der Waals surface area (Å²) in [5.74, 6) is -0.224. The molecular formula is C27H38N2O5. The molecule has 34 heavy (non-hydrogen) atoms. The fourth-order valence-electron chi connectivity index (χ4n) is 3.90. The largest absolute Gasteiger partial charge is 0.496 e. The van der Waals surface area contributed by atoms with Crippen LogP contribution in [-0.4, -0.2) is 49.3 Å². The Morgan fingerprint density at radius 1 is 1.00 bits per heavy atom. The summed E-state index contributed by atoms with van der Waals surface area (Å²) in [6.45, 7) is 6.62. The number of urea groups is 1. The van der Waals surface area contributed by atoms with Crippen LogP contribution in [0.25, 0.3) is 0 Å². The molecule has 0 heterocycles. The number of carboxylic acids is 1. The highest BCUT2D eigenvalue weighted by Gasteiger charge is 2.24. The Bertz CT molecular complexity index is 905. The Morgan fingerprint density at radius 3 is 2.15 bits per heavy atom. The molecule has 0 aromatic heterocycles. The van der Waals surface area contributed by atoms with Gasteiger partial charge in [0.25, 0.3) is 0 Å². The number of hydrogen-bond acceptors (Lipinski definition) is 4. The van der Waals surface area contributed by atoms with Crippen molar-refractivity contribution in [3.63, 3.8) is 0 Å². The van der Waals surface area contributed by atoms with Crippen LogP contribution in [0.2, 0.25) is 0 Å². The lowest BCUT2D eigenvalue weighted by molar-refractivity contribution is -0.142. The van der Waals surface area contributed by atoms with Gasteiger partial charge in [-0.1, -0.05) is 44.2 Å². The Balaban J connectivity index is 2.12. The van der Waals surface area contributed by atoms with Gasteiger partial charge in [0.1, 0.15) is 11.5 Å². The van der Waals surface area contributed by atoms with Gasteiger partial charge in [0, 0.05) is 25.2 Å². The van der Waals surface area contributed by atoms with E-state index in [1.807, 2.05) is 51.1 Å². The number of benzene rings is 2. The van der Waals surface area contributed by atoms with E-state index in [-0.39, 0.29) is 18.5 Å². The number of unbranched alkanes of at least 4 members (excludes halogenated alkanes) is 1. The molecule has 2 aromatic rings. The standard InChI is InChI=1S/C27H38N2O5/c1-19(2)23(26(30)31)17-28-27(32)29(14-10-9-13-21-11-7-6-8-12-21)18-22-15-24(33-4)20(3)25(16-22)34-5/h6-8,11-12,15-16,19,23H,9-10,13-14,17-18H2,1-5H3,(H,28,32)(H,30,31). The van der Waals surface area contributed by atoms with Gasteiger partial charge in [0.2, 0.25) is 0 Å². The van der Waals surface area contributed by atoms with Gasteiger partial charge in [-0.15, -0.1) is 0 Å². The van der Waals surface area contributed by atoms with E-state index >= 15 is 0 Å². The van der Waals surface area contributed by atoms with Crippen molar-refractivity contribution in [2.75, 3.05) is 27.3 Å². The second-order valence-electron chi connectivity index (χ2n) is 8.86. The molecule has 0 saturated heterocycles. The second-order valence-corrected chi connectivity index (χ2v) is 8.86. The highest BCUT2D eigenvalue weighted by molar-refractivity contribution is 5.76. The normalized spacial score (nSPS) is 11.7. The molecular weight excluding hydrogens is 432 g/mol. The van der Waals surface area contributed by atoms with Gasteiger partial charge in [0.05, 0.1) is 20.1 Å². The minimum absolute atomic E-state index is 0.0808. The molecule has 7 nitrogen and oxygen atoms in total. The first kappa shape index (κ1) is 27.0. The average Bonchev–Trinajstić information content (AvgIpc) is 2.82. The number of aliphatic carboxylic acids is 1. The molecule has 0 aliphatic carbocycles. The minimum Gasteiger partial charge on any atom is -0.496 e. The second kappa shape index (κ2) is 13.5. The topological polar surface area (TPSA) is 88.1 Å². The van der Waals surface area contributed by atoms with E-state index in [9.17, 15) is 14.7 Å². The van der Waals surface area contributed by atoms with Crippen LogP contribution in [0.3, 0.4) is 0 Å². The first-order valence-corrected chi connectivity index (χ1v) is 11.8. The summed E-state index contributed by atoms with van der Waals surface area (Å²) in [4.78, 5) is 26.4. The van der Waals surface area contributed by atoms with E-state index in [2.05, 4.69) is 17.4 Å². The van der Waals surface area contributed by atoms with Crippen molar-refractivity contribution in [2.45, 2.75) is 46.6 Å². The molecule has 0 aliphatic rings. The van der Waals surface area contributed by atoms with Crippen molar-refractivity contribution in [2.24, 2.45) is 11.8 Å². The number of amides is 2. The molecule has 2 amide bonds. The molecule has 0 spiro atoms. The summed E-state index contributed by atoms with van der Waals surface area (Å²) < 4.78 is 11.0. The van der Waals surface area contributed by atoms with E-state index < -0.39 is 11.9 Å². The summed E-state index contributed by atoms with van der Waals surface area (Å²) in [6.07, 6.45) is 2.71. The lowest BCUT2D eigenvalue weighted by Crippen LogP contribution is -2.44. The maximum atomic E-state index is 13.1. The van der Waals surface area contributed by atoms with Gasteiger partial charge in [-0.2, -0.15) is 0 Å². The molecule has 0 radical (unpaired) electrons. The van der Waals surface area contributed by atoms with Crippen molar-refractivity contribution in [3.8, 4) is 11.5 Å². The number of nitrogens with one attached hydrogen (secondary N) is 1. The van der Waals surface area contributed by atoms with Crippen LogP contribution < -0.4 is 14.8 Å². The molecule has 7 heteroatoms. The molecule has 0 bridgehead atoms. The Morgan fingerprint density at radius 2 is 1.62 bits per heavy atom. The number of aryl methyl sites for hydroxylation is 1. The van der Waals surface area contributed by atoms with Gasteiger partial charge < -0.3 is 24.8 Å². The molecule has 0 aliphatic heterocycles. The van der Waals surface area contributed by atoms with Crippen molar-refractivity contribution in [3.05, 3.63) is 59.2 Å². The Labute approximate surface area is 203 Å². The summed E-state index contributed by atoms with van der Waals surface area (Å²) in [5, 5.41) is 12.3. The molecule has 1 unspecified atom stereocenters. The third kappa shape index (κ3) is 7.97. The summed E-state index contributed by atoms with van der Waals surface area (Å²) in [7, 11) is 3.22. The van der Waals surface area contributed by atoms with E-state index in [0.717, 1.165) is 30.4 Å². The third-order valence-electron chi connectivity index (χ3n) is 6.05. The van der Waals surface area contributed by atoms with E-state index in [1.165, 1.54) is 5.56 Å². The quantitative estimate of drug-likeness (QED) is 0.407. The van der Waals surface area contributed by atoms with Crippen LogP contribution in [0, 0.1) is 18.8 Å². The Hall–Kier alpha value is -3.22. The smallest absolute Gasteiger partial charge is 0.317 e. The lowest BCUT2D eigenvalue weighted by Gasteiger charge is -2.26. The Kier molecular flexibility index (Phi) is 10.7. The summed E-state index contributed by atoms with van der Waals surface area (Å²) in [6, 6.07) is 13.8. The number of rotatable bonds is 13. The summed E-state index contributed by atoms with van der Waals surface area (Å²) >= 11 is 0. The van der Waals surface area contributed by atoms with Gasteiger partial charge in [-0.25, -0.2) is 4.79 Å². The van der Waals surface area contributed by atoms with Gasteiger partial charge in [-0.3, -0.25) is 4.79 Å². The van der Waals surface area contributed by atoms with E-state index in [1.54, 1.807) is 19.1 Å². The van der Waals surface area contributed by atoms with Crippen LogP contribution in [0.5, 0.6) is 11.5 Å². The van der Waals surface area contributed by atoms with Crippen LogP contribution in [0.1, 0.15) is 43.4 Å². The first-order valence-electron chi connectivity index (χ1n) is 11.8. The van der Waals surface area contributed by atoms with Crippen molar-refractivity contribution >= 4 is 12.0 Å². The molecule has 0 fully saturated rings. The van der Waals surface area contributed by atoms with Crippen molar-refractivity contribution < 1.29 is 24.2 Å². The fraction of sp³-hybridized carbons (Fsp3) is 0.481. The maximum Gasteiger partial charge on any atom is 0.317 e. The monoisotopic (exact) mass is 470 g/mol. The SMILES string of the molecule is COc1cc(CN(CCCCc2ccccc2)C(=O)NCC(C(=O)O)C(C)C)cc(OC)c1C. The minimum atomic E-state index is -0.905. The lowest BCUT2D eigenvalue weighted by atomic mass is 9.96. The number of carboxylic acid groups (broad SMARTS) is 1. The molecule has 2 N–H and O–H groups in total. The van der Waals surface area contributed by atoms with Crippen LogP contribution in [-0.2, 0) is 17.8 Å². The predicted molar refractivity (Wildman–Crippen MR) is 133 cm³/mol. The zero-order valence-corrected chi connectivity index (χ0v) is 21.0. The number of nitrogens with zero attached hydrogens (tertiary/aromatic N) is 1. The number of ether oxygens (including phenoxy) is 2. The van der Waals surface area contributed by atoms with Crippen LogP contribution in [0.15, 0.2) is 42.5 Å². The highest BCUT2D eigenvalue weighted by atomic mass is 16.5. The molecule has 186 valence electrons. The summed E-state index contributed by atoms with van der Waals surface area (Å²) in [5.41, 5.74) is 3.05. The highest BCUT2D eigenvalue weighted by Crippen LogP contribution is 2.30. The first-order chi connectivity index (χ1) is 16.3. The predicted octanol–water partition coefficient (Wildman–Crippen LogP) is 4.90. The molecule has 2 rings (SSSR count). The van der Waals surface area contributed by atoms with E-state index in [4.69, 9.17) is 9.47 Å². The average molecular weight is 471 g/mol. The maximum absolute atomic E-state index is 13.1. The number of carbonyl (C=O) groups is 2. The molecule has 1 atom stereocenters. The van der Waals surface area contributed by atoms with Crippen molar-refractivity contribution in [1.29, 1.82) is 0 Å². The van der Waals surface area contributed by atoms with E-state index in [0.29, 0.717) is 24.6 Å². The van der Waals surface area contributed by atoms with Crippen LogP contribution in [0.4, 0.5) is 4.79 Å². The number of hydrogen-bond donors (Lipinski definition) is 2. The third-order valence-corrected chi connectivity index (χ3v) is 6.05. The van der Waals surface area contributed by atoms with Gasteiger partial charge in [0.15, 0.2) is 0 Å². The fourth-order valence-corrected chi connectivity index (χ4v) is 3.90. The van der Waals surface area contributed by atoms with Crippen molar-refractivity contribution in [1.82, 2.24) is 10.2 Å².